The predicted octanol–water partition coefficient (Wildman–Crippen LogP) is 3.89. The molecule has 6 heteroatoms. The molecule has 1 aromatic heterocycles. The number of nitrogens with one attached hydrogen (secondary N) is 2. The van der Waals surface area contributed by atoms with E-state index in [2.05, 4.69) is 15.3 Å². The molecule has 0 atom stereocenters. The fraction of sp³-hybridized carbons (Fsp3) is 0.150. The second-order valence-corrected chi connectivity index (χ2v) is 6.50. The molecule has 1 amide bonds. The van der Waals surface area contributed by atoms with Crippen molar-refractivity contribution in [1.82, 2.24) is 9.97 Å². The number of hydrogen-bond acceptors (Lipinski definition) is 3. The van der Waals surface area contributed by atoms with Crippen LogP contribution in [0.25, 0.3) is 11.4 Å². The van der Waals surface area contributed by atoms with Gasteiger partial charge in [-0.1, -0.05) is 23.7 Å². The Balaban J connectivity index is 1.76. The lowest BCUT2D eigenvalue weighted by Crippen LogP contribution is -2.22. The smallest absolute Gasteiger partial charge is 0.254 e. The summed E-state index contributed by atoms with van der Waals surface area (Å²) in [7, 11) is 0. The van der Waals surface area contributed by atoms with Crippen LogP contribution >= 0.6 is 11.6 Å². The maximum absolute atomic E-state index is 12.3. The number of halogens is 1. The van der Waals surface area contributed by atoms with Crippen molar-refractivity contribution >= 4 is 23.2 Å². The molecule has 0 spiro atoms. The quantitative estimate of drug-likeness (QED) is 0.734. The Morgan fingerprint density at radius 2 is 1.88 bits per heavy atom. The number of anilines is 1. The van der Waals surface area contributed by atoms with E-state index in [9.17, 15) is 9.59 Å². The molecule has 0 aliphatic heterocycles. The van der Waals surface area contributed by atoms with Crippen LogP contribution < -0.4 is 10.9 Å². The number of aromatic amines is 1. The number of rotatable bonds is 4. The number of aromatic nitrogens is 2. The molecule has 0 unspecified atom stereocenters. The average Bonchev–Trinajstić information content (AvgIpc) is 2.61. The minimum absolute atomic E-state index is 0.0450. The second kappa shape index (κ2) is 7.54. The van der Waals surface area contributed by atoms with Crippen molar-refractivity contribution in [3.05, 3.63) is 80.7 Å². The number of carbonyl (C=O) groups excluding carboxylic acids is 1. The lowest BCUT2D eigenvalue weighted by molar-refractivity contribution is -0.115. The number of aryl methyl sites for hydroxylation is 1. The average molecular weight is 368 g/mol. The maximum Gasteiger partial charge on any atom is 0.254 e. The molecular formula is C20H18ClN3O2. The summed E-state index contributed by atoms with van der Waals surface area (Å²) in [5.74, 6) is 0.176. The third-order valence-electron chi connectivity index (χ3n) is 4.22. The Bertz CT molecular complexity index is 1010. The maximum atomic E-state index is 12.3. The first-order chi connectivity index (χ1) is 12.4. The van der Waals surface area contributed by atoms with Crippen LogP contribution in [0.1, 0.15) is 16.7 Å². The molecule has 3 rings (SSSR count). The largest absolute Gasteiger partial charge is 0.326 e. The van der Waals surface area contributed by atoms with E-state index in [1.54, 1.807) is 24.3 Å². The summed E-state index contributed by atoms with van der Waals surface area (Å²) in [6.07, 6.45) is 1.39. The Kier molecular flexibility index (Phi) is 5.19. The standard InChI is InChI=1S/C20H18ClN3O2/c1-12-4-3-5-17(13(12)2)23-18(25)10-15-11-22-19(24-20(15)26)14-6-8-16(21)9-7-14/h3-9,11H,10H2,1-2H3,(H,23,25)(H,22,24,26). The van der Waals surface area contributed by atoms with Crippen molar-refractivity contribution in [2.45, 2.75) is 20.3 Å². The minimum atomic E-state index is -0.332. The summed E-state index contributed by atoms with van der Waals surface area (Å²) < 4.78 is 0. The number of benzene rings is 2. The van der Waals surface area contributed by atoms with E-state index in [0.29, 0.717) is 16.4 Å². The van der Waals surface area contributed by atoms with Gasteiger partial charge >= 0.3 is 0 Å². The van der Waals surface area contributed by atoms with Crippen LogP contribution in [0, 0.1) is 13.8 Å². The molecule has 0 bridgehead atoms. The highest BCUT2D eigenvalue weighted by atomic mass is 35.5. The molecule has 132 valence electrons. The SMILES string of the molecule is Cc1cccc(NC(=O)Cc2cnc(-c3ccc(Cl)cc3)[nH]c2=O)c1C. The number of hydrogen-bond donors (Lipinski definition) is 2. The van der Waals surface area contributed by atoms with Gasteiger partial charge in [-0.05, 0) is 55.3 Å². The third-order valence-corrected chi connectivity index (χ3v) is 4.47. The highest BCUT2D eigenvalue weighted by Gasteiger charge is 2.11. The van der Waals surface area contributed by atoms with Crippen molar-refractivity contribution in [2.24, 2.45) is 0 Å². The molecule has 3 aromatic rings. The van der Waals surface area contributed by atoms with E-state index >= 15 is 0 Å². The zero-order chi connectivity index (χ0) is 18.7. The van der Waals surface area contributed by atoms with Gasteiger partial charge in [-0.25, -0.2) is 4.98 Å². The van der Waals surface area contributed by atoms with Gasteiger partial charge in [0.2, 0.25) is 5.91 Å². The summed E-state index contributed by atoms with van der Waals surface area (Å²) >= 11 is 5.86. The van der Waals surface area contributed by atoms with Crippen molar-refractivity contribution in [3.63, 3.8) is 0 Å². The van der Waals surface area contributed by atoms with E-state index < -0.39 is 0 Å². The Morgan fingerprint density at radius 1 is 1.15 bits per heavy atom. The van der Waals surface area contributed by atoms with Crippen LogP contribution in [0.5, 0.6) is 0 Å². The van der Waals surface area contributed by atoms with Gasteiger partial charge in [-0.15, -0.1) is 0 Å². The van der Waals surface area contributed by atoms with E-state index in [-0.39, 0.29) is 17.9 Å². The fourth-order valence-electron chi connectivity index (χ4n) is 2.56. The van der Waals surface area contributed by atoms with E-state index in [4.69, 9.17) is 11.6 Å². The van der Waals surface area contributed by atoms with E-state index in [0.717, 1.165) is 22.4 Å². The first-order valence-corrected chi connectivity index (χ1v) is 8.52. The molecule has 26 heavy (non-hydrogen) atoms. The zero-order valence-electron chi connectivity index (χ0n) is 14.5. The molecular weight excluding hydrogens is 350 g/mol. The van der Waals surface area contributed by atoms with Crippen molar-refractivity contribution in [3.8, 4) is 11.4 Å². The van der Waals surface area contributed by atoms with Crippen LogP contribution in [-0.2, 0) is 11.2 Å². The molecule has 2 N–H and O–H groups in total. The molecule has 5 nitrogen and oxygen atoms in total. The minimum Gasteiger partial charge on any atom is -0.326 e. The van der Waals surface area contributed by atoms with Crippen molar-refractivity contribution in [1.29, 1.82) is 0 Å². The molecule has 0 saturated carbocycles. The van der Waals surface area contributed by atoms with Crippen LogP contribution in [-0.4, -0.2) is 15.9 Å². The van der Waals surface area contributed by atoms with Gasteiger partial charge < -0.3 is 10.3 Å². The van der Waals surface area contributed by atoms with Gasteiger partial charge in [-0.3, -0.25) is 9.59 Å². The van der Waals surface area contributed by atoms with Gasteiger partial charge in [0.15, 0.2) is 0 Å². The summed E-state index contributed by atoms with van der Waals surface area (Å²) in [6, 6.07) is 12.7. The number of nitrogens with zero attached hydrogens (tertiary/aromatic N) is 1. The van der Waals surface area contributed by atoms with Crippen LogP contribution in [0.4, 0.5) is 5.69 Å². The van der Waals surface area contributed by atoms with E-state index in [1.165, 1.54) is 6.20 Å². The number of H-pyrrole nitrogens is 1. The topological polar surface area (TPSA) is 74.8 Å². The van der Waals surface area contributed by atoms with Gasteiger partial charge in [0.1, 0.15) is 5.82 Å². The third kappa shape index (κ3) is 4.00. The first kappa shape index (κ1) is 17.9. The Morgan fingerprint density at radius 3 is 2.58 bits per heavy atom. The lowest BCUT2D eigenvalue weighted by atomic mass is 10.1. The molecule has 0 fully saturated rings. The summed E-state index contributed by atoms with van der Waals surface area (Å²) in [5, 5.41) is 3.45. The van der Waals surface area contributed by atoms with Crippen molar-refractivity contribution in [2.75, 3.05) is 5.32 Å². The van der Waals surface area contributed by atoms with Crippen LogP contribution in [0.15, 0.2) is 53.5 Å². The van der Waals surface area contributed by atoms with Gasteiger partial charge in [0, 0.05) is 28.0 Å². The zero-order valence-corrected chi connectivity index (χ0v) is 15.2. The molecule has 0 aliphatic rings. The number of amides is 1. The van der Waals surface area contributed by atoms with Crippen LogP contribution in [0.3, 0.4) is 0 Å². The van der Waals surface area contributed by atoms with E-state index in [1.807, 2.05) is 32.0 Å². The summed E-state index contributed by atoms with van der Waals surface area (Å²) in [4.78, 5) is 31.5. The van der Waals surface area contributed by atoms with Gasteiger partial charge in [0.05, 0.1) is 6.42 Å². The summed E-state index contributed by atoms with van der Waals surface area (Å²) in [5.41, 5.74) is 3.57. The first-order valence-electron chi connectivity index (χ1n) is 8.14. The number of carbonyl (C=O) groups is 1. The molecule has 1 heterocycles. The molecule has 2 aromatic carbocycles. The van der Waals surface area contributed by atoms with Crippen molar-refractivity contribution < 1.29 is 4.79 Å². The monoisotopic (exact) mass is 367 g/mol. The van der Waals surface area contributed by atoms with Gasteiger partial charge in [-0.2, -0.15) is 0 Å². The molecule has 0 aliphatic carbocycles. The Labute approximate surface area is 156 Å². The van der Waals surface area contributed by atoms with Crippen LogP contribution in [0.2, 0.25) is 5.02 Å². The fourth-order valence-corrected chi connectivity index (χ4v) is 2.68. The highest BCUT2D eigenvalue weighted by molar-refractivity contribution is 6.30. The second-order valence-electron chi connectivity index (χ2n) is 6.07. The predicted molar refractivity (Wildman–Crippen MR) is 104 cm³/mol. The summed E-state index contributed by atoms with van der Waals surface area (Å²) in [6.45, 7) is 3.93. The molecule has 0 radical (unpaired) electrons. The Hall–Kier alpha value is -2.92. The van der Waals surface area contributed by atoms with Gasteiger partial charge in [0.25, 0.3) is 5.56 Å². The highest BCUT2D eigenvalue weighted by Crippen LogP contribution is 2.19. The normalized spacial score (nSPS) is 10.6. The lowest BCUT2D eigenvalue weighted by Gasteiger charge is -2.10. The molecule has 0 saturated heterocycles.